The molecule has 0 saturated carbocycles. The Bertz CT molecular complexity index is 489. The second kappa shape index (κ2) is 9.47. The number of benzene rings is 1. The van der Waals surface area contributed by atoms with Crippen molar-refractivity contribution in [2.75, 3.05) is 19.4 Å². The molecule has 1 aromatic rings. The highest BCUT2D eigenvalue weighted by atomic mass is 32.2. The molecule has 2 N–H and O–H groups in total. The van der Waals surface area contributed by atoms with E-state index in [-0.39, 0.29) is 12.5 Å². The molecule has 0 heterocycles. The standard InChI is InChI=1S/C16H23NO3S/c1-4-16(19)17-7-5-6-8-20-15-10-14(21-3)9-13(11-18)12(15)2/h4,9-10,18H,1,5-8,11H2,2-3H3,(H,17,19). The minimum Gasteiger partial charge on any atom is -0.493 e. The second-order valence-corrected chi connectivity index (χ2v) is 5.50. The smallest absolute Gasteiger partial charge is 0.243 e. The van der Waals surface area contributed by atoms with Crippen LogP contribution in [0.4, 0.5) is 0 Å². The first kappa shape index (κ1) is 17.6. The molecular weight excluding hydrogens is 286 g/mol. The summed E-state index contributed by atoms with van der Waals surface area (Å²) in [5.74, 6) is 0.674. The minimum atomic E-state index is -0.146. The van der Waals surface area contributed by atoms with Gasteiger partial charge in [-0.2, -0.15) is 0 Å². The average Bonchev–Trinajstić information content (AvgIpc) is 2.51. The molecule has 0 saturated heterocycles. The zero-order valence-corrected chi connectivity index (χ0v) is 13.5. The summed E-state index contributed by atoms with van der Waals surface area (Å²) in [6.07, 6.45) is 4.98. The van der Waals surface area contributed by atoms with E-state index in [1.165, 1.54) is 6.08 Å². The van der Waals surface area contributed by atoms with Gasteiger partial charge >= 0.3 is 0 Å². The molecule has 0 unspecified atom stereocenters. The summed E-state index contributed by atoms with van der Waals surface area (Å²) in [5, 5.41) is 12.1. The first-order valence-corrected chi connectivity index (χ1v) is 8.16. The van der Waals surface area contributed by atoms with Crippen LogP contribution in [0.2, 0.25) is 0 Å². The SMILES string of the molecule is C=CC(=O)NCCCCOc1cc(SC)cc(CO)c1C. The number of aliphatic hydroxyl groups is 1. The van der Waals surface area contributed by atoms with Crippen molar-refractivity contribution in [1.29, 1.82) is 0 Å². The van der Waals surface area contributed by atoms with E-state index in [1.54, 1.807) is 11.8 Å². The fraction of sp³-hybridized carbons (Fsp3) is 0.438. The lowest BCUT2D eigenvalue weighted by Gasteiger charge is -2.13. The highest BCUT2D eigenvalue weighted by molar-refractivity contribution is 7.98. The lowest BCUT2D eigenvalue weighted by atomic mass is 10.1. The summed E-state index contributed by atoms with van der Waals surface area (Å²) in [7, 11) is 0. The molecule has 0 aliphatic carbocycles. The lowest BCUT2D eigenvalue weighted by molar-refractivity contribution is -0.116. The Kier molecular flexibility index (Phi) is 7.93. The number of carbonyl (C=O) groups is 1. The van der Waals surface area contributed by atoms with Gasteiger partial charge in [0, 0.05) is 11.4 Å². The average molecular weight is 309 g/mol. The van der Waals surface area contributed by atoms with Gasteiger partial charge in [-0.05, 0) is 55.4 Å². The van der Waals surface area contributed by atoms with Crippen molar-refractivity contribution in [3.63, 3.8) is 0 Å². The summed E-state index contributed by atoms with van der Waals surface area (Å²) in [5.41, 5.74) is 1.88. The predicted octanol–water partition coefficient (Wildman–Crippen LogP) is 2.67. The third kappa shape index (κ3) is 5.81. The van der Waals surface area contributed by atoms with Crippen LogP contribution in [-0.4, -0.2) is 30.4 Å². The predicted molar refractivity (Wildman–Crippen MR) is 86.8 cm³/mol. The first-order valence-electron chi connectivity index (χ1n) is 6.93. The molecule has 21 heavy (non-hydrogen) atoms. The Morgan fingerprint density at radius 1 is 1.48 bits per heavy atom. The molecule has 1 rings (SSSR count). The number of thioether (sulfide) groups is 1. The number of carbonyl (C=O) groups excluding carboxylic acids is 1. The number of amides is 1. The monoisotopic (exact) mass is 309 g/mol. The number of hydrogen-bond donors (Lipinski definition) is 2. The number of ether oxygens (including phenoxy) is 1. The molecule has 0 aliphatic rings. The lowest BCUT2D eigenvalue weighted by Crippen LogP contribution is -2.22. The van der Waals surface area contributed by atoms with Crippen LogP contribution in [-0.2, 0) is 11.4 Å². The van der Waals surface area contributed by atoms with E-state index in [0.29, 0.717) is 13.2 Å². The Morgan fingerprint density at radius 2 is 2.24 bits per heavy atom. The zero-order valence-electron chi connectivity index (χ0n) is 12.6. The molecule has 0 bridgehead atoms. The third-order valence-corrected chi connectivity index (χ3v) is 3.87. The molecule has 0 fully saturated rings. The highest BCUT2D eigenvalue weighted by Crippen LogP contribution is 2.28. The summed E-state index contributed by atoms with van der Waals surface area (Å²) < 4.78 is 5.80. The number of unbranched alkanes of at least 4 members (excludes halogenated alkanes) is 1. The third-order valence-electron chi connectivity index (χ3n) is 3.16. The van der Waals surface area contributed by atoms with Crippen molar-refractivity contribution in [2.45, 2.75) is 31.3 Å². The van der Waals surface area contributed by atoms with Gasteiger partial charge in [0.25, 0.3) is 0 Å². The molecule has 0 atom stereocenters. The Labute approximate surface area is 130 Å². The Balaban J connectivity index is 2.44. The largest absolute Gasteiger partial charge is 0.493 e. The van der Waals surface area contributed by atoms with Gasteiger partial charge in [0.05, 0.1) is 13.2 Å². The van der Waals surface area contributed by atoms with Crippen molar-refractivity contribution < 1.29 is 14.6 Å². The number of aliphatic hydroxyl groups excluding tert-OH is 1. The van der Waals surface area contributed by atoms with Crippen LogP contribution in [0.15, 0.2) is 29.7 Å². The molecule has 0 radical (unpaired) electrons. The molecule has 0 aromatic heterocycles. The topological polar surface area (TPSA) is 58.6 Å². The van der Waals surface area contributed by atoms with Crippen LogP contribution in [0, 0.1) is 6.92 Å². The van der Waals surface area contributed by atoms with Crippen molar-refractivity contribution in [3.8, 4) is 5.75 Å². The molecule has 4 nitrogen and oxygen atoms in total. The maximum absolute atomic E-state index is 11.0. The van der Waals surface area contributed by atoms with Crippen LogP contribution in [0.1, 0.15) is 24.0 Å². The fourth-order valence-corrected chi connectivity index (χ4v) is 2.33. The summed E-state index contributed by atoms with van der Waals surface area (Å²) in [4.78, 5) is 12.0. The fourth-order valence-electron chi connectivity index (χ4n) is 1.84. The summed E-state index contributed by atoms with van der Waals surface area (Å²) in [6, 6.07) is 3.98. The highest BCUT2D eigenvalue weighted by Gasteiger charge is 2.07. The minimum absolute atomic E-state index is 0.0180. The van der Waals surface area contributed by atoms with Crippen molar-refractivity contribution in [3.05, 3.63) is 35.9 Å². The van der Waals surface area contributed by atoms with E-state index in [4.69, 9.17) is 4.74 Å². The van der Waals surface area contributed by atoms with Gasteiger partial charge in [-0.3, -0.25) is 4.79 Å². The van der Waals surface area contributed by atoms with Gasteiger partial charge in [0.2, 0.25) is 5.91 Å². The van der Waals surface area contributed by atoms with E-state index in [0.717, 1.165) is 34.6 Å². The van der Waals surface area contributed by atoms with Gasteiger partial charge < -0.3 is 15.2 Å². The maximum Gasteiger partial charge on any atom is 0.243 e. The number of rotatable bonds is 9. The van der Waals surface area contributed by atoms with Crippen LogP contribution in [0.5, 0.6) is 5.75 Å². The van der Waals surface area contributed by atoms with E-state index in [2.05, 4.69) is 11.9 Å². The van der Waals surface area contributed by atoms with E-state index in [9.17, 15) is 9.90 Å². The van der Waals surface area contributed by atoms with Crippen molar-refractivity contribution in [1.82, 2.24) is 5.32 Å². The Hall–Kier alpha value is -1.46. The van der Waals surface area contributed by atoms with Gasteiger partial charge in [0.1, 0.15) is 5.75 Å². The van der Waals surface area contributed by atoms with E-state index >= 15 is 0 Å². The van der Waals surface area contributed by atoms with Gasteiger partial charge in [-0.25, -0.2) is 0 Å². The van der Waals surface area contributed by atoms with Crippen LogP contribution < -0.4 is 10.1 Å². The molecular formula is C16H23NO3S. The van der Waals surface area contributed by atoms with Crippen LogP contribution >= 0.6 is 11.8 Å². The first-order chi connectivity index (χ1) is 10.1. The van der Waals surface area contributed by atoms with E-state index in [1.807, 2.05) is 25.3 Å². The van der Waals surface area contributed by atoms with Crippen molar-refractivity contribution >= 4 is 17.7 Å². The normalized spacial score (nSPS) is 10.2. The van der Waals surface area contributed by atoms with Crippen LogP contribution in [0.3, 0.4) is 0 Å². The van der Waals surface area contributed by atoms with Crippen molar-refractivity contribution in [2.24, 2.45) is 0 Å². The molecule has 1 amide bonds. The van der Waals surface area contributed by atoms with Gasteiger partial charge in [0.15, 0.2) is 0 Å². The van der Waals surface area contributed by atoms with E-state index < -0.39 is 0 Å². The van der Waals surface area contributed by atoms with Gasteiger partial charge in [-0.1, -0.05) is 6.58 Å². The Morgan fingerprint density at radius 3 is 2.86 bits per heavy atom. The molecule has 0 aliphatic heterocycles. The molecule has 0 spiro atoms. The summed E-state index contributed by atoms with van der Waals surface area (Å²) >= 11 is 1.63. The molecule has 5 heteroatoms. The zero-order chi connectivity index (χ0) is 15.7. The van der Waals surface area contributed by atoms with Gasteiger partial charge in [-0.15, -0.1) is 11.8 Å². The summed E-state index contributed by atoms with van der Waals surface area (Å²) in [6.45, 7) is 6.59. The van der Waals surface area contributed by atoms with Crippen LogP contribution in [0.25, 0.3) is 0 Å². The molecule has 1 aromatic carbocycles. The second-order valence-electron chi connectivity index (χ2n) is 4.62. The number of hydrogen-bond acceptors (Lipinski definition) is 4. The molecule has 116 valence electrons. The quantitative estimate of drug-likeness (QED) is 0.418. The maximum atomic E-state index is 11.0. The number of nitrogens with one attached hydrogen (secondary N) is 1.